The second kappa shape index (κ2) is 9.50. The maximum absolute atomic E-state index is 12.1. The molecule has 23 heavy (non-hydrogen) atoms. The zero-order valence-electron chi connectivity index (χ0n) is 13.5. The molecule has 0 spiro atoms. The molecule has 1 fully saturated rings. The van der Waals surface area contributed by atoms with Gasteiger partial charge in [0.25, 0.3) is 0 Å². The van der Waals surface area contributed by atoms with E-state index in [0.717, 1.165) is 12.1 Å². The van der Waals surface area contributed by atoms with Crippen LogP contribution in [0.4, 0.5) is 11.4 Å². The Bertz CT molecular complexity index is 545. The highest BCUT2D eigenvalue weighted by Gasteiger charge is 2.17. The highest BCUT2D eigenvalue weighted by atomic mass is 35.5. The van der Waals surface area contributed by atoms with Crippen LogP contribution in [0.5, 0.6) is 0 Å². The van der Waals surface area contributed by atoms with E-state index in [1.165, 1.54) is 0 Å². The van der Waals surface area contributed by atoms with Crippen molar-refractivity contribution < 1.29 is 14.3 Å². The van der Waals surface area contributed by atoms with Gasteiger partial charge in [-0.15, -0.1) is 12.4 Å². The molecular formula is C16H24ClN3O3. The molecule has 1 aromatic carbocycles. The fourth-order valence-electron chi connectivity index (χ4n) is 2.24. The third-order valence-corrected chi connectivity index (χ3v) is 3.53. The van der Waals surface area contributed by atoms with Crippen molar-refractivity contribution >= 4 is 35.6 Å². The number of rotatable bonds is 5. The van der Waals surface area contributed by atoms with Crippen LogP contribution >= 0.6 is 12.4 Å². The first-order valence-electron chi connectivity index (χ1n) is 7.61. The molecule has 1 aliphatic heterocycles. The van der Waals surface area contributed by atoms with E-state index in [-0.39, 0.29) is 30.3 Å². The number of carbonyl (C=O) groups is 2. The molecule has 0 saturated carbocycles. The summed E-state index contributed by atoms with van der Waals surface area (Å²) in [6, 6.07) is 5.48. The molecule has 2 rings (SSSR count). The van der Waals surface area contributed by atoms with Gasteiger partial charge in [-0.1, -0.05) is 13.0 Å². The molecule has 7 heteroatoms. The second-order valence-corrected chi connectivity index (χ2v) is 5.38. The fourth-order valence-corrected chi connectivity index (χ4v) is 2.24. The van der Waals surface area contributed by atoms with Crippen LogP contribution in [-0.4, -0.2) is 37.6 Å². The Kier molecular flexibility index (Phi) is 8.02. The van der Waals surface area contributed by atoms with Crippen LogP contribution < -0.4 is 16.0 Å². The molecule has 1 aliphatic rings. The van der Waals surface area contributed by atoms with Crippen LogP contribution in [0.1, 0.15) is 25.3 Å². The van der Waals surface area contributed by atoms with E-state index in [1.807, 2.05) is 19.1 Å². The SMILES string of the molecule is CCC(=O)Nc1ccc(C)c(NC(=O)CC2CNCCO2)c1.Cl. The van der Waals surface area contributed by atoms with Crippen molar-refractivity contribution in [1.82, 2.24) is 5.32 Å². The van der Waals surface area contributed by atoms with Gasteiger partial charge in [0.15, 0.2) is 0 Å². The number of hydrogen-bond acceptors (Lipinski definition) is 4. The molecule has 1 aromatic rings. The number of anilines is 2. The van der Waals surface area contributed by atoms with Crippen molar-refractivity contribution in [3.63, 3.8) is 0 Å². The van der Waals surface area contributed by atoms with E-state index in [4.69, 9.17) is 4.74 Å². The summed E-state index contributed by atoms with van der Waals surface area (Å²) >= 11 is 0. The highest BCUT2D eigenvalue weighted by molar-refractivity contribution is 5.94. The summed E-state index contributed by atoms with van der Waals surface area (Å²) in [5, 5.41) is 8.88. The van der Waals surface area contributed by atoms with Crippen LogP contribution in [0, 0.1) is 6.92 Å². The summed E-state index contributed by atoms with van der Waals surface area (Å²) in [6.45, 7) is 5.87. The topological polar surface area (TPSA) is 79.5 Å². The predicted octanol–water partition coefficient (Wildman–Crippen LogP) is 2.08. The van der Waals surface area contributed by atoms with E-state index < -0.39 is 0 Å². The quantitative estimate of drug-likeness (QED) is 0.766. The monoisotopic (exact) mass is 341 g/mol. The Balaban J connectivity index is 0.00000264. The summed E-state index contributed by atoms with van der Waals surface area (Å²) in [4.78, 5) is 23.6. The van der Waals surface area contributed by atoms with Crippen LogP contribution in [-0.2, 0) is 14.3 Å². The van der Waals surface area contributed by atoms with E-state index in [2.05, 4.69) is 16.0 Å². The number of amides is 2. The number of halogens is 1. The molecule has 3 N–H and O–H groups in total. The van der Waals surface area contributed by atoms with Gasteiger partial charge in [-0.05, 0) is 24.6 Å². The Morgan fingerprint density at radius 3 is 2.74 bits per heavy atom. The Morgan fingerprint density at radius 2 is 2.09 bits per heavy atom. The van der Waals surface area contributed by atoms with Crippen molar-refractivity contribution in [3.8, 4) is 0 Å². The molecule has 6 nitrogen and oxygen atoms in total. The van der Waals surface area contributed by atoms with Crippen molar-refractivity contribution in [1.29, 1.82) is 0 Å². The summed E-state index contributed by atoms with van der Waals surface area (Å²) < 4.78 is 5.53. The molecule has 0 radical (unpaired) electrons. The number of carbonyl (C=O) groups excluding carboxylic acids is 2. The van der Waals surface area contributed by atoms with Crippen LogP contribution in [0.15, 0.2) is 18.2 Å². The molecule has 128 valence electrons. The van der Waals surface area contributed by atoms with Gasteiger partial charge in [-0.3, -0.25) is 9.59 Å². The van der Waals surface area contributed by atoms with Crippen molar-refractivity contribution in [2.45, 2.75) is 32.8 Å². The summed E-state index contributed by atoms with van der Waals surface area (Å²) in [7, 11) is 0. The number of ether oxygens (including phenoxy) is 1. The molecule has 1 saturated heterocycles. The number of hydrogen-bond donors (Lipinski definition) is 3. The largest absolute Gasteiger partial charge is 0.375 e. The van der Waals surface area contributed by atoms with Gasteiger partial charge in [0.1, 0.15) is 0 Å². The molecule has 0 aromatic heterocycles. The minimum Gasteiger partial charge on any atom is -0.375 e. The van der Waals surface area contributed by atoms with Crippen molar-refractivity contribution in [2.75, 3.05) is 30.3 Å². The minimum atomic E-state index is -0.0873. The van der Waals surface area contributed by atoms with Gasteiger partial charge < -0.3 is 20.7 Å². The molecule has 1 heterocycles. The molecule has 0 aliphatic carbocycles. The third kappa shape index (κ3) is 6.17. The maximum atomic E-state index is 12.1. The summed E-state index contributed by atoms with van der Waals surface area (Å²) in [6.07, 6.45) is 0.650. The van der Waals surface area contributed by atoms with Crippen LogP contribution in [0.2, 0.25) is 0 Å². The van der Waals surface area contributed by atoms with Crippen molar-refractivity contribution in [3.05, 3.63) is 23.8 Å². The molecule has 0 bridgehead atoms. The number of aryl methyl sites for hydroxylation is 1. The first-order chi connectivity index (χ1) is 10.6. The normalized spacial score (nSPS) is 17.0. The van der Waals surface area contributed by atoms with Gasteiger partial charge in [-0.2, -0.15) is 0 Å². The molecule has 1 atom stereocenters. The van der Waals surface area contributed by atoms with E-state index in [1.54, 1.807) is 13.0 Å². The lowest BCUT2D eigenvalue weighted by atomic mass is 10.1. The first kappa shape index (κ1) is 19.4. The van der Waals surface area contributed by atoms with Gasteiger partial charge in [0, 0.05) is 30.9 Å². The van der Waals surface area contributed by atoms with Gasteiger partial charge in [0.2, 0.25) is 11.8 Å². The fraction of sp³-hybridized carbons (Fsp3) is 0.500. The maximum Gasteiger partial charge on any atom is 0.227 e. The number of benzene rings is 1. The molecule has 1 unspecified atom stereocenters. The van der Waals surface area contributed by atoms with Crippen LogP contribution in [0.3, 0.4) is 0 Å². The van der Waals surface area contributed by atoms with Crippen molar-refractivity contribution in [2.24, 2.45) is 0 Å². The molecular weight excluding hydrogens is 318 g/mol. The minimum absolute atomic E-state index is 0. The van der Waals surface area contributed by atoms with E-state index in [9.17, 15) is 9.59 Å². The Morgan fingerprint density at radius 1 is 1.30 bits per heavy atom. The lowest BCUT2D eigenvalue weighted by molar-refractivity contribution is -0.119. The van der Waals surface area contributed by atoms with Crippen LogP contribution in [0.25, 0.3) is 0 Å². The average Bonchev–Trinajstić information content (AvgIpc) is 2.51. The highest BCUT2D eigenvalue weighted by Crippen LogP contribution is 2.21. The predicted molar refractivity (Wildman–Crippen MR) is 93.2 cm³/mol. The summed E-state index contributed by atoms with van der Waals surface area (Å²) in [5.74, 6) is -0.140. The van der Waals surface area contributed by atoms with E-state index >= 15 is 0 Å². The lowest BCUT2D eigenvalue weighted by Crippen LogP contribution is -2.40. The zero-order chi connectivity index (χ0) is 15.9. The number of nitrogens with one attached hydrogen (secondary N) is 3. The second-order valence-electron chi connectivity index (χ2n) is 5.38. The Labute approximate surface area is 142 Å². The average molecular weight is 342 g/mol. The first-order valence-corrected chi connectivity index (χ1v) is 7.61. The summed E-state index contributed by atoms with van der Waals surface area (Å²) in [5.41, 5.74) is 2.34. The number of morpholine rings is 1. The lowest BCUT2D eigenvalue weighted by Gasteiger charge is -2.23. The van der Waals surface area contributed by atoms with Gasteiger partial charge in [0.05, 0.1) is 19.1 Å². The van der Waals surface area contributed by atoms with Gasteiger partial charge in [-0.25, -0.2) is 0 Å². The van der Waals surface area contributed by atoms with E-state index in [0.29, 0.717) is 37.4 Å². The zero-order valence-corrected chi connectivity index (χ0v) is 14.3. The smallest absolute Gasteiger partial charge is 0.227 e. The Hall–Kier alpha value is -1.63. The standard InChI is InChI=1S/C16H23N3O3.ClH/c1-3-15(20)18-12-5-4-11(2)14(8-12)19-16(21)9-13-10-17-6-7-22-13;/h4-5,8,13,17H,3,6-7,9-10H2,1-2H3,(H,18,20)(H,19,21);1H. The molecule has 2 amide bonds. The van der Waals surface area contributed by atoms with Gasteiger partial charge >= 0.3 is 0 Å². The third-order valence-electron chi connectivity index (χ3n) is 3.53.